The summed E-state index contributed by atoms with van der Waals surface area (Å²) in [4.78, 5) is 44.1. The highest BCUT2D eigenvalue weighted by Gasteiger charge is 2.52. The third-order valence-electron chi connectivity index (χ3n) is 8.76. The van der Waals surface area contributed by atoms with E-state index in [4.69, 9.17) is 10.1 Å². The van der Waals surface area contributed by atoms with Crippen molar-refractivity contribution in [3.63, 3.8) is 0 Å². The summed E-state index contributed by atoms with van der Waals surface area (Å²) in [6.45, 7) is 8.42. The topological polar surface area (TPSA) is 99.1 Å². The van der Waals surface area contributed by atoms with Crippen molar-refractivity contribution < 1.29 is 37.1 Å². The Bertz CT molecular complexity index is 1420. The van der Waals surface area contributed by atoms with Gasteiger partial charge in [0.2, 0.25) is 0 Å². The van der Waals surface area contributed by atoms with Crippen LogP contribution in [0.1, 0.15) is 106 Å². The number of aliphatic imine (C=N–C) groups is 1. The first kappa shape index (κ1) is 33.1. The summed E-state index contributed by atoms with van der Waals surface area (Å²) in [5.41, 5.74) is -1.51. The first-order valence-corrected chi connectivity index (χ1v) is 15.0. The van der Waals surface area contributed by atoms with Crippen molar-refractivity contribution in [2.75, 3.05) is 6.54 Å². The predicted molar refractivity (Wildman–Crippen MR) is 158 cm³/mol. The smallest absolute Gasteiger partial charge is 0.416 e. The Balaban J connectivity index is 1.73. The number of benzene rings is 2. The molecule has 238 valence electrons. The van der Waals surface area contributed by atoms with Crippen LogP contribution in [0.3, 0.4) is 0 Å². The number of carbonyl (C=O) groups excluding carboxylic acids is 2. The van der Waals surface area contributed by atoms with Gasteiger partial charge in [-0.3, -0.25) is 19.4 Å². The number of aliphatic carboxylic acids is 1. The molecule has 1 heterocycles. The summed E-state index contributed by atoms with van der Waals surface area (Å²) in [6.07, 6.45) is -1.26. The summed E-state index contributed by atoms with van der Waals surface area (Å²) in [6, 6.07) is 8.28. The van der Waals surface area contributed by atoms with Gasteiger partial charge in [0.15, 0.2) is 0 Å². The molecule has 4 rings (SSSR count). The molecule has 7 nitrogen and oxygen atoms in total. The predicted octanol–water partition coefficient (Wildman–Crippen LogP) is 7.15. The van der Waals surface area contributed by atoms with E-state index >= 15 is 0 Å². The van der Waals surface area contributed by atoms with E-state index in [2.05, 4.69) is 26.1 Å². The Hall–Kier alpha value is -3.76. The van der Waals surface area contributed by atoms with Gasteiger partial charge < -0.3 is 15.3 Å². The van der Waals surface area contributed by atoms with Crippen molar-refractivity contribution in [3.05, 3.63) is 70.5 Å². The number of hydrogen-bond donors (Lipinski definition) is 2. The lowest BCUT2D eigenvalue weighted by Gasteiger charge is -2.47. The van der Waals surface area contributed by atoms with Gasteiger partial charge >= 0.3 is 12.1 Å². The fourth-order valence-electron chi connectivity index (χ4n) is 6.38. The van der Waals surface area contributed by atoms with E-state index in [1.807, 2.05) is 6.92 Å². The second kappa shape index (κ2) is 12.7. The number of carboxylic acid groups (broad SMARTS) is 1. The first-order valence-electron chi connectivity index (χ1n) is 15.0. The summed E-state index contributed by atoms with van der Waals surface area (Å²) in [5.74, 6) is -2.75. The van der Waals surface area contributed by atoms with Crippen LogP contribution in [0.25, 0.3) is 0 Å². The minimum Gasteiger partial charge on any atom is -0.481 e. The van der Waals surface area contributed by atoms with Crippen LogP contribution in [-0.2, 0) is 15.8 Å². The maximum Gasteiger partial charge on any atom is 0.416 e. The quantitative estimate of drug-likeness (QED) is 0.292. The fourth-order valence-corrected chi connectivity index (χ4v) is 6.38. The molecular formula is C33H39F4N3O4. The molecule has 2 aromatic carbocycles. The van der Waals surface area contributed by atoms with Gasteiger partial charge in [0, 0.05) is 17.7 Å². The minimum atomic E-state index is -4.80. The molecule has 2 N–H and O–H groups in total. The van der Waals surface area contributed by atoms with Crippen LogP contribution in [0.5, 0.6) is 0 Å². The molecule has 1 fully saturated rings. The third kappa shape index (κ3) is 7.13. The van der Waals surface area contributed by atoms with E-state index in [1.165, 1.54) is 0 Å². The number of nitrogens with one attached hydrogen (secondary N) is 1. The van der Waals surface area contributed by atoms with Crippen LogP contribution in [-0.4, -0.2) is 45.7 Å². The highest BCUT2D eigenvalue weighted by Crippen LogP contribution is 2.50. The molecule has 0 bridgehead atoms. The van der Waals surface area contributed by atoms with Gasteiger partial charge in [-0.15, -0.1) is 0 Å². The summed E-state index contributed by atoms with van der Waals surface area (Å²) < 4.78 is 55.3. The van der Waals surface area contributed by atoms with Crippen LogP contribution in [0.2, 0.25) is 0 Å². The molecule has 1 spiro atoms. The highest BCUT2D eigenvalue weighted by molar-refractivity contribution is 6.46. The van der Waals surface area contributed by atoms with E-state index in [0.717, 1.165) is 30.5 Å². The number of halogens is 4. The maximum atomic E-state index is 14.5. The van der Waals surface area contributed by atoms with Gasteiger partial charge in [-0.05, 0) is 79.3 Å². The third-order valence-corrected chi connectivity index (χ3v) is 8.76. The Kier molecular flexibility index (Phi) is 9.56. The zero-order valence-electron chi connectivity index (χ0n) is 25.4. The molecule has 2 amide bonds. The normalized spacial score (nSPS) is 21.4. The van der Waals surface area contributed by atoms with Gasteiger partial charge in [0.1, 0.15) is 17.2 Å². The van der Waals surface area contributed by atoms with E-state index in [9.17, 15) is 31.9 Å². The van der Waals surface area contributed by atoms with Gasteiger partial charge in [-0.2, -0.15) is 13.2 Å². The number of amides is 2. The molecule has 2 aromatic rings. The lowest BCUT2D eigenvalue weighted by Crippen LogP contribution is -2.51. The molecule has 0 aromatic heterocycles. The van der Waals surface area contributed by atoms with Crippen molar-refractivity contribution in [2.24, 2.45) is 16.3 Å². The number of alkyl halides is 3. The molecule has 0 saturated heterocycles. The lowest BCUT2D eigenvalue weighted by atomic mass is 9.69. The summed E-state index contributed by atoms with van der Waals surface area (Å²) >= 11 is 0. The fraction of sp³-hybridized carbons (Fsp3) is 0.515. The van der Waals surface area contributed by atoms with Crippen LogP contribution in [0.4, 0.5) is 17.6 Å². The average molecular weight is 618 g/mol. The molecular weight excluding hydrogens is 578 g/mol. The average Bonchev–Trinajstić information content (AvgIpc) is 3.21. The van der Waals surface area contributed by atoms with Gasteiger partial charge in [0.05, 0.1) is 18.0 Å². The Morgan fingerprint density at radius 3 is 2.27 bits per heavy atom. The highest BCUT2D eigenvalue weighted by atomic mass is 19.4. The number of nitrogens with zero attached hydrogens (tertiary/aromatic N) is 2. The second-order valence-corrected chi connectivity index (χ2v) is 12.8. The van der Waals surface area contributed by atoms with Crippen LogP contribution < -0.4 is 5.32 Å². The van der Waals surface area contributed by atoms with Crippen molar-refractivity contribution in [1.82, 2.24) is 10.2 Å². The van der Waals surface area contributed by atoms with E-state index in [0.29, 0.717) is 43.2 Å². The monoisotopic (exact) mass is 617 g/mol. The van der Waals surface area contributed by atoms with Crippen molar-refractivity contribution >= 4 is 23.5 Å². The molecule has 2 aliphatic rings. The van der Waals surface area contributed by atoms with E-state index in [-0.39, 0.29) is 29.7 Å². The molecule has 0 radical (unpaired) electrons. The van der Waals surface area contributed by atoms with Gasteiger partial charge in [0.25, 0.3) is 11.8 Å². The zero-order chi connectivity index (χ0) is 32.4. The van der Waals surface area contributed by atoms with Crippen LogP contribution >= 0.6 is 0 Å². The Morgan fingerprint density at radius 2 is 1.73 bits per heavy atom. The zero-order valence-corrected chi connectivity index (χ0v) is 25.4. The molecule has 44 heavy (non-hydrogen) atoms. The Morgan fingerprint density at radius 1 is 1.09 bits per heavy atom. The molecule has 1 saturated carbocycles. The molecule has 11 heteroatoms. The molecule has 1 atom stereocenters. The number of hydrogen-bond acceptors (Lipinski definition) is 4. The minimum absolute atomic E-state index is 0.0228. The van der Waals surface area contributed by atoms with Gasteiger partial charge in [-0.1, -0.05) is 46.2 Å². The SMILES string of the molecule is CCCC(c1ccc(C(=O)NCCC(=O)O)cc1)N1C(=O)C(c2cc(F)cc(C(F)(F)F)c2)=NC12CCC(C(C)(C)C)CC2. The number of carbonyl (C=O) groups is 3. The van der Waals surface area contributed by atoms with Crippen molar-refractivity contribution in [1.29, 1.82) is 0 Å². The Labute approximate surface area is 254 Å². The molecule has 1 unspecified atom stereocenters. The summed E-state index contributed by atoms with van der Waals surface area (Å²) in [7, 11) is 0. The largest absolute Gasteiger partial charge is 0.481 e. The number of rotatable bonds is 9. The van der Waals surface area contributed by atoms with E-state index < -0.39 is 47.0 Å². The van der Waals surface area contributed by atoms with Crippen molar-refractivity contribution in [3.8, 4) is 0 Å². The van der Waals surface area contributed by atoms with Gasteiger partial charge in [-0.25, -0.2) is 4.39 Å². The standard InChI is InChI=1S/C33H39F4N3O4/c1-5-6-26(20-7-9-21(10-8-20)29(43)38-16-13-27(41)42)40-30(44)28(22-17-24(33(35,36)37)19-25(34)18-22)39-32(40)14-11-23(12-15-32)31(2,3)4/h7-10,17-19,23,26H,5-6,11-16H2,1-4H3,(H,38,43)(H,41,42). The molecule has 1 aliphatic heterocycles. The number of carboxylic acids is 1. The van der Waals surface area contributed by atoms with E-state index in [1.54, 1.807) is 29.2 Å². The van der Waals surface area contributed by atoms with Crippen molar-refractivity contribution in [2.45, 2.75) is 90.5 Å². The lowest BCUT2D eigenvalue weighted by molar-refractivity contribution is -0.138. The summed E-state index contributed by atoms with van der Waals surface area (Å²) in [5, 5.41) is 11.4. The molecule has 1 aliphatic carbocycles. The van der Waals surface area contributed by atoms with Crippen LogP contribution in [0.15, 0.2) is 47.5 Å². The maximum absolute atomic E-state index is 14.5. The van der Waals surface area contributed by atoms with Crippen LogP contribution in [0, 0.1) is 17.2 Å². The second-order valence-electron chi connectivity index (χ2n) is 12.8. The first-order chi connectivity index (χ1) is 20.6.